The molecule has 0 amide bonds. The largest absolute Gasteiger partial charge is 0.439 e. The summed E-state index contributed by atoms with van der Waals surface area (Å²) in [5.41, 5.74) is 7.28. The Balaban J connectivity index is 2.62. The number of aromatic nitrogens is 1. The van der Waals surface area contributed by atoms with Gasteiger partial charge in [0.05, 0.1) is 6.04 Å². The van der Waals surface area contributed by atoms with Gasteiger partial charge < -0.3 is 10.2 Å². The van der Waals surface area contributed by atoms with Crippen molar-refractivity contribution in [3.63, 3.8) is 0 Å². The summed E-state index contributed by atoms with van der Waals surface area (Å²) in [7, 11) is 0. The van der Waals surface area contributed by atoms with Gasteiger partial charge in [-0.05, 0) is 19.1 Å². The molecule has 0 aliphatic heterocycles. The lowest BCUT2D eigenvalue weighted by Gasteiger charge is -1.94. The quantitative estimate of drug-likeness (QED) is 0.696. The molecule has 1 heterocycles. The van der Waals surface area contributed by atoms with E-state index in [4.69, 9.17) is 10.2 Å². The third-order valence-corrected chi connectivity index (χ3v) is 1.70. The number of fused-ring (bicyclic) bond motifs is 1. The fourth-order valence-corrected chi connectivity index (χ4v) is 1.08. The Bertz CT molecular complexity index is 359. The molecule has 0 saturated heterocycles. The van der Waals surface area contributed by atoms with Crippen molar-refractivity contribution in [1.82, 2.24) is 4.98 Å². The third-order valence-electron chi connectivity index (χ3n) is 1.70. The van der Waals surface area contributed by atoms with Crippen molar-refractivity contribution >= 4 is 11.1 Å². The van der Waals surface area contributed by atoms with Gasteiger partial charge in [-0.25, -0.2) is 4.98 Å². The molecule has 3 nitrogen and oxygen atoms in total. The maximum absolute atomic E-state index is 5.62. The molecule has 0 radical (unpaired) electrons. The third kappa shape index (κ3) is 1.08. The average molecular weight is 162 g/mol. The summed E-state index contributed by atoms with van der Waals surface area (Å²) in [6, 6.07) is 7.49. The minimum Gasteiger partial charge on any atom is -0.439 e. The minimum absolute atomic E-state index is 0.141. The van der Waals surface area contributed by atoms with E-state index in [1.807, 2.05) is 31.2 Å². The monoisotopic (exact) mass is 162 g/mol. The topological polar surface area (TPSA) is 52.0 Å². The first-order valence-corrected chi connectivity index (χ1v) is 3.88. The van der Waals surface area contributed by atoms with Crippen LogP contribution in [0.2, 0.25) is 0 Å². The van der Waals surface area contributed by atoms with Gasteiger partial charge in [-0.1, -0.05) is 12.1 Å². The Kier molecular flexibility index (Phi) is 1.59. The molecule has 3 heteroatoms. The van der Waals surface area contributed by atoms with Gasteiger partial charge in [-0.3, -0.25) is 0 Å². The highest BCUT2D eigenvalue weighted by Crippen LogP contribution is 2.17. The predicted molar refractivity (Wildman–Crippen MR) is 46.6 cm³/mol. The molecule has 0 saturated carbocycles. The van der Waals surface area contributed by atoms with E-state index in [1.54, 1.807) is 0 Å². The van der Waals surface area contributed by atoms with E-state index in [-0.39, 0.29) is 6.04 Å². The summed E-state index contributed by atoms with van der Waals surface area (Å²) in [5, 5.41) is 0. The molecular formula is C9H10N2O. The number of nitrogens with two attached hydrogens (primary N) is 1. The van der Waals surface area contributed by atoms with Gasteiger partial charge in [0.1, 0.15) is 5.52 Å². The molecule has 2 N–H and O–H groups in total. The minimum atomic E-state index is -0.141. The Hall–Kier alpha value is -1.35. The number of hydrogen-bond donors (Lipinski definition) is 1. The van der Waals surface area contributed by atoms with Gasteiger partial charge in [-0.2, -0.15) is 0 Å². The zero-order chi connectivity index (χ0) is 8.55. The zero-order valence-electron chi connectivity index (χ0n) is 6.82. The van der Waals surface area contributed by atoms with Gasteiger partial charge in [0, 0.05) is 0 Å². The van der Waals surface area contributed by atoms with E-state index in [9.17, 15) is 0 Å². The lowest BCUT2D eigenvalue weighted by atomic mass is 10.3. The van der Waals surface area contributed by atoms with Crippen molar-refractivity contribution in [3.05, 3.63) is 30.2 Å². The normalized spacial score (nSPS) is 13.5. The van der Waals surface area contributed by atoms with Crippen LogP contribution in [0.25, 0.3) is 11.1 Å². The lowest BCUT2D eigenvalue weighted by Crippen LogP contribution is -2.04. The molecule has 1 atom stereocenters. The first-order valence-electron chi connectivity index (χ1n) is 3.88. The van der Waals surface area contributed by atoms with Crippen LogP contribution in [0.5, 0.6) is 0 Å². The standard InChI is InChI=1S/C9H10N2O/c1-6(10)9-11-7-4-2-3-5-8(7)12-9/h2-6H,10H2,1H3/t6-/m1/s1. The van der Waals surface area contributed by atoms with Crippen LogP contribution in [0, 0.1) is 0 Å². The van der Waals surface area contributed by atoms with Gasteiger partial charge in [0.15, 0.2) is 5.58 Å². The van der Waals surface area contributed by atoms with Crippen molar-refractivity contribution in [1.29, 1.82) is 0 Å². The Morgan fingerprint density at radius 3 is 2.83 bits per heavy atom. The van der Waals surface area contributed by atoms with Crippen LogP contribution in [0.4, 0.5) is 0 Å². The number of hydrogen-bond acceptors (Lipinski definition) is 3. The van der Waals surface area contributed by atoms with Crippen molar-refractivity contribution < 1.29 is 4.42 Å². The smallest absolute Gasteiger partial charge is 0.212 e. The number of nitrogens with zero attached hydrogens (tertiary/aromatic N) is 1. The first kappa shape index (κ1) is 7.31. The van der Waals surface area contributed by atoms with Crippen molar-refractivity contribution in [2.24, 2.45) is 5.73 Å². The average Bonchev–Trinajstić information content (AvgIpc) is 2.46. The highest BCUT2D eigenvalue weighted by atomic mass is 16.3. The van der Waals surface area contributed by atoms with Crippen LogP contribution in [0.15, 0.2) is 28.7 Å². The maximum atomic E-state index is 5.62. The van der Waals surface area contributed by atoms with Crippen molar-refractivity contribution in [2.45, 2.75) is 13.0 Å². The van der Waals surface area contributed by atoms with E-state index in [2.05, 4.69) is 4.98 Å². The Morgan fingerprint density at radius 1 is 1.42 bits per heavy atom. The van der Waals surface area contributed by atoms with E-state index in [0.717, 1.165) is 11.1 Å². The van der Waals surface area contributed by atoms with Gasteiger partial charge in [0.2, 0.25) is 5.89 Å². The van der Waals surface area contributed by atoms with Crippen LogP contribution in [-0.2, 0) is 0 Å². The van der Waals surface area contributed by atoms with Crippen LogP contribution in [0.1, 0.15) is 18.9 Å². The van der Waals surface area contributed by atoms with Gasteiger partial charge in [0.25, 0.3) is 0 Å². The number of rotatable bonds is 1. The second kappa shape index (κ2) is 2.60. The van der Waals surface area contributed by atoms with Crippen molar-refractivity contribution in [3.8, 4) is 0 Å². The summed E-state index contributed by atoms with van der Waals surface area (Å²) in [5.74, 6) is 0.594. The molecule has 0 unspecified atom stereocenters. The highest BCUT2D eigenvalue weighted by Gasteiger charge is 2.07. The second-order valence-electron chi connectivity index (χ2n) is 2.81. The van der Waals surface area contributed by atoms with E-state index in [1.165, 1.54) is 0 Å². The molecule has 0 bridgehead atoms. The molecule has 12 heavy (non-hydrogen) atoms. The summed E-state index contributed by atoms with van der Waals surface area (Å²) < 4.78 is 5.39. The zero-order valence-corrected chi connectivity index (χ0v) is 6.82. The molecule has 0 aliphatic rings. The molecule has 62 valence electrons. The molecule has 2 rings (SSSR count). The molecular weight excluding hydrogens is 152 g/mol. The van der Waals surface area contributed by atoms with Crippen LogP contribution >= 0.6 is 0 Å². The second-order valence-corrected chi connectivity index (χ2v) is 2.81. The predicted octanol–water partition coefficient (Wildman–Crippen LogP) is 1.85. The fourth-order valence-electron chi connectivity index (χ4n) is 1.08. The summed E-state index contributed by atoms with van der Waals surface area (Å²) in [4.78, 5) is 4.22. The molecule has 0 aliphatic carbocycles. The maximum Gasteiger partial charge on any atom is 0.212 e. The van der Waals surface area contributed by atoms with Gasteiger partial charge >= 0.3 is 0 Å². The number of oxazole rings is 1. The summed E-state index contributed by atoms with van der Waals surface area (Å²) in [6.07, 6.45) is 0. The van der Waals surface area contributed by atoms with Crippen LogP contribution < -0.4 is 5.73 Å². The molecule has 1 aromatic heterocycles. The van der Waals surface area contributed by atoms with E-state index >= 15 is 0 Å². The number of benzene rings is 1. The highest BCUT2D eigenvalue weighted by molar-refractivity contribution is 5.72. The molecule has 1 aromatic carbocycles. The molecule has 2 aromatic rings. The number of para-hydroxylation sites is 2. The Morgan fingerprint density at radius 2 is 2.17 bits per heavy atom. The SMILES string of the molecule is C[C@@H](N)c1nc2ccccc2o1. The summed E-state index contributed by atoms with van der Waals surface area (Å²) in [6.45, 7) is 1.85. The van der Waals surface area contributed by atoms with E-state index in [0.29, 0.717) is 5.89 Å². The van der Waals surface area contributed by atoms with Crippen molar-refractivity contribution in [2.75, 3.05) is 0 Å². The summed E-state index contributed by atoms with van der Waals surface area (Å²) >= 11 is 0. The molecule has 0 fully saturated rings. The first-order chi connectivity index (χ1) is 5.77. The Labute approximate surface area is 70.2 Å². The molecule has 0 spiro atoms. The van der Waals surface area contributed by atoms with Crippen LogP contribution in [-0.4, -0.2) is 4.98 Å². The lowest BCUT2D eigenvalue weighted by molar-refractivity contribution is 0.493. The van der Waals surface area contributed by atoms with E-state index < -0.39 is 0 Å². The fraction of sp³-hybridized carbons (Fsp3) is 0.222. The van der Waals surface area contributed by atoms with Gasteiger partial charge in [-0.15, -0.1) is 0 Å². The van der Waals surface area contributed by atoms with Crippen LogP contribution in [0.3, 0.4) is 0 Å².